The number of hydrogen-bond acceptors (Lipinski definition) is 7. The Kier molecular flexibility index (Phi) is 11.7. The van der Waals surface area contributed by atoms with E-state index >= 15 is 0 Å². The average Bonchev–Trinajstić information content (AvgIpc) is 3.45. The summed E-state index contributed by atoms with van der Waals surface area (Å²) in [6.45, 7) is 15.7. The first-order valence-electron chi connectivity index (χ1n) is 13.2. The summed E-state index contributed by atoms with van der Waals surface area (Å²) in [6, 6.07) is 10.9. The summed E-state index contributed by atoms with van der Waals surface area (Å²) in [7, 11) is 2.19. The standard InChI is InChI=1S/C13H14N2S.C11H16N2O2.C6H13N/c1-3-14-8-11-4-6-12(7-5-11)13-10(2)15-9-16-13;1-10(2,3)8(6-14)13-9(15)11(7-12)4-5-11;1-6-4-3-5-7(6)2/h3-7,9,14H,1,8H2,2H3;6,8H,4-5H2,1-3H3,(H,13,15);6H,3-5H2,1-2H3. The van der Waals surface area contributed by atoms with E-state index in [2.05, 4.69) is 65.3 Å². The molecule has 1 saturated heterocycles. The molecule has 8 heteroatoms. The predicted octanol–water partition coefficient (Wildman–Crippen LogP) is 5.47. The van der Waals surface area contributed by atoms with Gasteiger partial charge in [-0.05, 0) is 75.9 Å². The fraction of sp³-hybridized carbons (Fsp3) is 0.533. The van der Waals surface area contributed by atoms with Gasteiger partial charge in [-0.1, -0.05) is 51.6 Å². The Balaban J connectivity index is 0.000000215. The monoisotopic (exact) mass is 537 g/mol. The Labute approximate surface area is 232 Å². The minimum Gasteiger partial charge on any atom is -0.387 e. The molecule has 38 heavy (non-hydrogen) atoms. The predicted molar refractivity (Wildman–Crippen MR) is 155 cm³/mol. The van der Waals surface area contributed by atoms with Crippen LogP contribution in [-0.4, -0.2) is 47.8 Å². The van der Waals surface area contributed by atoms with Gasteiger partial charge in [0.2, 0.25) is 5.91 Å². The number of aryl methyl sites for hydroxylation is 1. The van der Waals surface area contributed by atoms with Crippen LogP contribution in [-0.2, 0) is 16.1 Å². The van der Waals surface area contributed by atoms with Crippen molar-refractivity contribution in [2.45, 2.75) is 78.9 Å². The number of nitrogens with one attached hydrogen (secondary N) is 2. The minimum absolute atomic E-state index is 0.308. The molecule has 1 aliphatic heterocycles. The maximum Gasteiger partial charge on any atom is 0.241 e. The summed E-state index contributed by atoms with van der Waals surface area (Å²) in [5.74, 6) is -0.308. The molecule has 0 spiro atoms. The van der Waals surface area contributed by atoms with E-state index in [9.17, 15) is 9.59 Å². The van der Waals surface area contributed by atoms with Crippen LogP contribution in [0.15, 0.2) is 42.6 Å². The lowest BCUT2D eigenvalue weighted by Gasteiger charge is -2.27. The summed E-state index contributed by atoms with van der Waals surface area (Å²) < 4.78 is 0. The number of amides is 1. The number of carbonyl (C=O) groups excluding carboxylic acids is 2. The minimum atomic E-state index is -0.855. The van der Waals surface area contributed by atoms with Gasteiger partial charge in [0.1, 0.15) is 11.7 Å². The Morgan fingerprint density at radius 3 is 2.37 bits per heavy atom. The van der Waals surface area contributed by atoms with Crippen molar-refractivity contribution in [2.75, 3.05) is 13.6 Å². The number of likely N-dealkylation sites (tertiary alicyclic amines) is 1. The average molecular weight is 538 g/mol. The number of aromatic nitrogens is 1. The summed E-state index contributed by atoms with van der Waals surface area (Å²) in [6.07, 6.45) is 6.44. The molecule has 7 nitrogen and oxygen atoms in total. The summed E-state index contributed by atoms with van der Waals surface area (Å²) in [5, 5.41) is 14.5. The highest BCUT2D eigenvalue weighted by molar-refractivity contribution is 7.13. The fourth-order valence-electron chi connectivity index (χ4n) is 3.87. The molecular weight excluding hydrogens is 494 g/mol. The van der Waals surface area contributed by atoms with E-state index < -0.39 is 11.5 Å². The maximum absolute atomic E-state index is 11.7. The molecule has 1 saturated carbocycles. The van der Waals surface area contributed by atoms with Crippen LogP contribution < -0.4 is 10.6 Å². The quantitative estimate of drug-likeness (QED) is 0.455. The number of nitrogens with zero attached hydrogens (tertiary/aromatic N) is 3. The largest absolute Gasteiger partial charge is 0.387 e. The molecule has 2 aromatic rings. The van der Waals surface area contributed by atoms with Gasteiger partial charge in [0.15, 0.2) is 0 Å². The summed E-state index contributed by atoms with van der Waals surface area (Å²) in [4.78, 5) is 30.4. The van der Waals surface area contributed by atoms with Gasteiger partial charge in [0, 0.05) is 12.6 Å². The Morgan fingerprint density at radius 2 is 2.00 bits per heavy atom. The van der Waals surface area contributed by atoms with Crippen LogP contribution in [0.4, 0.5) is 0 Å². The van der Waals surface area contributed by atoms with E-state index in [1.54, 1.807) is 17.5 Å². The highest BCUT2D eigenvalue weighted by Crippen LogP contribution is 2.45. The molecule has 2 heterocycles. The molecule has 2 aliphatic rings. The highest BCUT2D eigenvalue weighted by Gasteiger charge is 2.51. The number of thiazole rings is 1. The van der Waals surface area contributed by atoms with Crippen LogP contribution in [0.3, 0.4) is 0 Å². The number of benzene rings is 1. The first-order chi connectivity index (χ1) is 18.0. The molecule has 4 rings (SSSR count). The summed E-state index contributed by atoms with van der Waals surface area (Å²) >= 11 is 1.68. The smallest absolute Gasteiger partial charge is 0.241 e. The van der Waals surface area contributed by atoms with Crippen LogP contribution in [0.2, 0.25) is 0 Å². The SMILES string of the molecule is C=CNCc1ccc(-c2scnc2C)cc1.CC(C)(C)C(C=O)NC(=O)C1(C#N)CC1.CC1CCCN1C. The molecule has 2 atom stereocenters. The zero-order chi connectivity index (χ0) is 28.3. The van der Waals surface area contributed by atoms with Gasteiger partial charge in [-0.25, -0.2) is 4.98 Å². The molecule has 1 aromatic heterocycles. The van der Waals surface area contributed by atoms with Crippen molar-refractivity contribution in [2.24, 2.45) is 10.8 Å². The third kappa shape index (κ3) is 9.07. The maximum atomic E-state index is 11.7. The van der Waals surface area contributed by atoms with Crippen molar-refractivity contribution >= 4 is 23.5 Å². The lowest BCUT2D eigenvalue weighted by molar-refractivity contribution is -0.128. The first-order valence-corrected chi connectivity index (χ1v) is 14.1. The van der Waals surface area contributed by atoms with Crippen LogP contribution in [0, 0.1) is 29.1 Å². The molecule has 1 aliphatic carbocycles. The molecule has 2 unspecified atom stereocenters. The normalized spacial score (nSPS) is 18.4. The number of carbonyl (C=O) groups is 2. The topological polar surface area (TPSA) is 98.1 Å². The highest BCUT2D eigenvalue weighted by atomic mass is 32.1. The zero-order valence-electron chi connectivity index (χ0n) is 23.7. The number of rotatable bonds is 7. The summed E-state index contributed by atoms with van der Waals surface area (Å²) in [5.41, 5.74) is 4.31. The van der Waals surface area contributed by atoms with Crippen LogP contribution >= 0.6 is 11.3 Å². The lowest BCUT2D eigenvalue weighted by Crippen LogP contribution is -2.47. The van der Waals surface area contributed by atoms with Gasteiger partial charge in [-0.2, -0.15) is 5.26 Å². The third-order valence-electron chi connectivity index (χ3n) is 7.05. The van der Waals surface area contributed by atoms with E-state index in [0.717, 1.165) is 24.6 Å². The van der Waals surface area contributed by atoms with Gasteiger partial charge in [-0.15, -0.1) is 11.3 Å². The van der Waals surface area contributed by atoms with Gasteiger partial charge < -0.3 is 20.3 Å². The second-order valence-corrected chi connectivity index (χ2v) is 12.0. The zero-order valence-corrected chi connectivity index (χ0v) is 24.5. The second-order valence-electron chi connectivity index (χ2n) is 11.2. The molecular formula is C30H43N5O2S. The first kappa shape index (κ1) is 31.2. The van der Waals surface area contributed by atoms with Crippen LogP contribution in [0.1, 0.15) is 64.6 Å². The Morgan fingerprint density at radius 1 is 1.34 bits per heavy atom. The van der Waals surface area contributed by atoms with Crippen molar-refractivity contribution in [1.29, 1.82) is 5.26 Å². The molecule has 0 bridgehead atoms. The van der Waals surface area contributed by atoms with Crippen molar-refractivity contribution in [1.82, 2.24) is 20.5 Å². The molecule has 2 N–H and O–H groups in total. The molecule has 0 radical (unpaired) electrons. The van der Waals surface area contributed by atoms with Gasteiger partial charge in [-0.3, -0.25) is 4.79 Å². The van der Waals surface area contributed by atoms with Gasteiger partial charge in [0.05, 0.1) is 28.2 Å². The van der Waals surface area contributed by atoms with E-state index in [1.165, 1.54) is 35.4 Å². The van der Waals surface area contributed by atoms with Crippen molar-refractivity contribution in [3.8, 4) is 16.5 Å². The third-order valence-corrected chi connectivity index (χ3v) is 8.03. The van der Waals surface area contributed by atoms with Crippen LogP contribution in [0.5, 0.6) is 0 Å². The molecule has 1 amide bonds. The van der Waals surface area contributed by atoms with E-state index in [0.29, 0.717) is 12.8 Å². The fourth-order valence-corrected chi connectivity index (χ4v) is 4.68. The molecule has 2 fully saturated rings. The number of aldehydes is 1. The molecule has 1 aromatic carbocycles. The van der Waals surface area contributed by atoms with Crippen molar-refractivity contribution in [3.05, 3.63) is 53.8 Å². The van der Waals surface area contributed by atoms with Crippen molar-refractivity contribution in [3.63, 3.8) is 0 Å². The molecule has 206 valence electrons. The van der Waals surface area contributed by atoms with Gasteiger partial charge in [0.25, 0.3) is 0 Å². The lowest BCUT2D eigenvalue weighted by atomic mass is 9.87. The Hall–Kier alpha value is -3.02. The number of hydrogen-bond donors (Lipinski definition) is 2. The Bertz CT molecular complexity index is 1090. The van der Waals surface area contributed by atoms with Crippen molar-refractivity contribution < 1.29 is 9.59 Å². The van der Waals surface area contributed by atoms with E-state index in [4.69, 9.17) is 5.26 Å². The van der Waals surface area contributed by atoms with E-state index in [1.807, 2.05) is 39.3 Å². The van der Waals surface area contributed by atoms with E-state index in [-0.39, 0.29) is 11.3 Å². The second kappa shape index (κ2) is 14.2. The number of nitriles is 1. The van der Waals surface area contributed by atoms with Crippen LogP contribution in [0.25, 0.3) is 10.4 Å². The van der Waals surface area contributed by atoms with Gasteiger partial charge >= 0.3 is 0 Å².